The lowest BCUT2D eigenvalue weighted by Gasteiger charge is -2.20. The predicted octanol–water partition coefficient (Wildman–Crippen LogP) is 0.744. The Morgan fingerprint density at radius 3 is 2.33 bits per heavy atom. The molecule has 0 radical (unpaired) electrons. The van der Waals surface area contributed by atoms with E-state index >= 15 is 0 Å². The van der Waals surface area contributed by atoms with E-state index in [9.17, 15) is 14.4 Å². The summed E-state index contributed by atoms with van der Waals surface area (Å²) in [6.07, 6.45) is -0.533. The number of carbonyl (C=O) groups is 3. The Labute approximate surface area is 140 Å². The Balaban J connectivity index is 2.55. The van der Waals surface area contributed by atoms with Crippen LogP contribution in [-0.2, 0) is 20.7 Å². The second-order valence-electron chi connectivity index (χ2n) is 6.14. The fourth-order valence-electron chi connectivity index (χ4n) is 1.85. The molecule has 0 bridgehead atoms. The summed E-state index contributed by atoms with van der Waals surface area (Å²) >= 11 is 0. The van der Waals surface area contributed by atoms with Gasteiger partial charge in [-0.15, -0.1) is 0 Å². The second-order valence-corrected chi connectivity index (χ2v) is 6.14. The summed E-state index contributed by atoms with van der Waals surface area (Å²) in [6.45, 7) is 4.76. The fourth-order valence-corrected chi connectivity index (χ4v) is 1.85. The van der Waals surface area contributed by atoms with E-state index in [1.807, 2.05) is 6.07 Å². The number of carbonyl (C=O) groups excluding carboxylic acids is 3. The number of ether oxygens (including phenoxy) is 1. The first-order valence-electron chi connectivity index (χ1n) is 7.45. The first-order chi connectivity index (χ1) is 11.2. The number of amides is 3. The third-order valence-electron chi connectivity index (χ3n) is 2.84. The van der Waals surface area contributed by atoms with E-state index in [1.54, 1.807) is 45.0 Å². The zero-order valence-corrected chi connectivity index (χ0v) is 14.0. The summed E-state index contributed by atoms with van der Waals surface area (Å²) in [5.74, 6) is -1.32. The minimum Gasteiger partial charge on any atom is -0.444 e. The Hall–Kier alpha value is -2.61. The highest BCUT2D eigenvalue weighted by Crippen LogP contribution is 2.06. The quantitative estimate of drug-likeness (QED) is 0.451. The molecular formula is C16H23N3O5. The summed E-state index contributed by atoms with van der Waals surface area (Å²) < 4.78 is 5.01. The Morgan fingerprint density at radius 2 is 1.79 bits per heavy atom. The van der Waals surface area contributed by atoms with Crippen molar-refractivity contribution in [3.63, 3.8) is 0 Å². The normalized spacial score (nSPS) is 12.0. The van der Waals surface area contributed by atoms with Gasteiger partial charge in [0.05, 0.1) is 0 Å². The molecule has 0 aromatic heterocycles. The highest BCUT2D eigenvalue weighted by Gasteiger charge is 2.22. The van der Waals surface area contributed by atoms with Crippen LogP contribution in [0.3, 0.4) is 0 Å². The molecular weight excluding hydrogens is 314 g/mol. The second kappa shape index (κ2) is 8.88. The third-order valence-corrected chi connectivity index (χ3v) is 2.84. The predicted molar refractivity (Wildman–Crippen MR) is 86.2 cm³/mol. The Morgan fingerprint density at radius 1 is 1.17 bits per heavy atom. The lowest BCUT2D eigenvalue weighted by atomic mass is 10.1. The van der Waals surface area contributed by atoms with Crippen LogP contribution in [0.25, 0.3) is 0 Å². The smallest absolute Gasteiger partial charge is 0.408 e. The van der Waals surface area contributed by atoms with Gasteiger partial charge in [-0.1, -0.05) is 30.3 Å². The van der Waals surface area contributed by atoms with Crippen LogP contribution < -0.4 is 16.1 Å². The number of benzene rings is 1. The largest absolute Gasteiger partial charge is 0.444 e. The van der Waals surface area contributed by atoms with Crippen molar-refractivity contribution < 1.29 is 24.3 Å². The van der Waals surface area contributed by atoms with Gasteiger partial charge in [0.15, 0.2) is 0 Å². The number of nitrogens with one attached hydrogen (secondary N) is 3. The minimum absolute atomic E-state index is 0.200. The molecule has 0 spiro atoms. The molecule has 4 N–H and O–H groups in total. The molecule has 0 saturated heterocycles. The summed E-state index contributed by atoms with van der Waals surface area (Å²) in [6, 6.07) is 8.05. The molecule has 0 heterocycles. The van der Waals surface area contributed by atoms with Crippen molar-refractivity contribution in [3.8, 4) is 0 Å². The van der Waals surface area contributed by atoms with Gasteiger partial charge in [-0.2, -0.15) is 0 Å². The van der Waals surface area contributed by atoms with Crippen LogP contribution in [0.1, 0.15) is 26.3 Å². The molecule has 0 aliphatic heterocycles. The van der Waals surface area contributed by atoms with E-state index in [0.717, 1.165) is 5.56 Å². The van der Waals surface area contributed by atoms with Crippen molar-refractivity contribution in [1.29, 1.82) is 0 Å². The van der Waals surface area contributed by atoms with Crippen LogP contribution >= 0.6 is 0 Å². The SMILES string of the molecule is CC(C)(C)OC(=O)NCC(=O)N[C@@H](Cc1ccccc1)C(=O)NO. The van der Waals surface area contributed by atoms with Gasteiger partial charge < -0.3 is 15.4 Å². The summed E-state index contributed by atoms with van der Waals surface area (Å²) in [4.78, 5) is 35.1. The first kappa shape index (κ1) is 19.4. The van der Waals surface area contributed by atoms with Gasteiger partial charge in [0.1, 0.15) is 18.2 Å². The molecule has 1 aromatic rings. The molecule has 0 saturated carbocycles. The molecule has 1 rings (SSSR count). The van der Waals surface area contributed by atoms with Gasteiger partial charge in [-0.3, -0.25) is 14.8 Å². The fraction of sp³-hybridized carbons (Fsp3) is 0.438. The number of rotatable bonds is 6. The minimum atomic E-state index is -0.967. The average molecular weight is 337 g/mol. The Kier molecular flexibility index (Phi) is 7.19. The van der Waals surface area contributed by atoms with Crippen LogP contribution in [0.5, 0.6) is 0 Å². The summed E-state index contributed by atoms with van der Waals surface area (Å²) in [5, 5.41) is 13.6. The van der Waals surface area contributed by atoms with Crippen molar-refractivity contribution in [2.45, 2.75) is 38.8 Å². The van der Waals surface area contributed by atoms with E-state index in [2.05, 4.69) is 10.6 Å². The molecule has 1 aromatic carbocycles. The van der Waals surface area contributed by atoms with Crippen molar-refractivity contribution >= 4 is 17.9 Å². The van der Waals surface area contributed by atoms with Crippen LogP contribution in [0, 0.1) is 0 Å². The maximum absolute atomic E-state index is 11.9. The lowest BCUT2D eigenvalue weighted by molar-refractivity contribution is -0.134. The summed E-state index contributed by atoms with van der Waals surface area (Å²) in [5.41, 5.74) is 1.66. The number of hydroxylamine groups is 1. The van der Waals surface area contributed by atoms with Gasteiger partial charge >= 0.3 is 6.09 Å². The lowest BCUT2D eigenvalue weighted by Crippen LogP contribution is -2.50. The molecule has 0 aliphatic carbocycles. The average Bonchev–Trinajstić information content (AvgIpc) is 2.51. The van der Waals surface area contributed by atoms with Crippen LogP contribution in [0.15, 0.2) is 30.3 Å². The third kappa shape index (κ3) is 7.59. The van der Waals surface area contributed by atoms with Gasteiger partial charge in [0.2, 0.25) is 5.91 Å². The van der Waals surface area contributed by atoms with E-state index in [1.165, 1.54) is 5.48 Å². The topological polar surface area (TPSA) is 117 Å². The van der Waals surface area contributed by atoms with Crippen LogP contribution in [-0.4, -0.2) is 41.3 Å². The van der Waals surface area contributed by atoms with Gasteiger partial charge in [0, 0.05) is 6.42 Å². The maximum Gasteiger partial charge on any atom is 0.408 e. The number of alkyl carbamates (subject to hydrolysis) is 1. The highest BCUT2D eigenvalue weighted by atomic mass is 16.6. The van der Waals surface area contributed by atoms with Crippen molar-refractivity contribution in [3.05, 3.63) is 35.9 Å². The van der Waals surface area contributed by atoms with Gasteiger partial charge in [-0.05, 0) is 26.3 Å². The number of hydrogen-bond acceptors (Lipinski definition) is 5. The number of hydrogen-bond donors (Lipinski definition) is 4. The Bertz CT molecular complexity index is 569. The zero-order valence-electron chi connectivity index (χ0n) is 14.0. The standard InChI is InChI=1S/C16H23N3O5/c1-16(2,3)24-15(22)17-10-13(20)18-12(14(21)19-23)9-11-7-5-4-6-8-11/h4-8,12,23H,9-10H2,1-3H3,(H,17,22)(H,18,20)(H,19,21)/t12-/m0/s1. The molecule has 0 unspecified atom stereocenters. The van der Waals surface area contributed by atoms with Crippen molar-refractivity contribution in [1.82, 2.24) is 16.1 Å². The van der Waals surface area contributed by atoms with Gasteiger partial charge in [-0.25, -0.2) is 10.3 Å². The van der Waals surface area contributed by atoms with E-state index < -0.39 is 29.6 Å². The van der Waals surface area contributed by atoms with Crippen LogP contribution in [0.4, 0.5) is 4.79 Å². The molecule has 8 nitrogen and oxygen atoms in total. The molecule has 24 heavy (non-hydrogen) atoms. The van der Waals surface area contributed by atoms with Crippen molar-refractivity contribution in [2.75, 3.05) is 6.54 Å². The highest BCUT2D eigenvalue weighted by molar-refractivity contribution is 5.89. The molecule has 8 heteroatoms. The molecule has 1 atom stereocenters. The van der Waals surface area contributed by atoms with E-state index in [4.69, 9.17) is 9.94 Å². The molecule has 0 aliphatic rings. The van der Waals surface area contributed by atoms with Gasteiger partial charge in [0.25, 0.3) is 5.91 Å². The monoisotopic (exact) mass is 337 g/mol. The molecule has 132 valence electrons. The zero-order chi connectivity index (χ0) is 18.2. The molecule has 0 fully saturated rings. The summed E-state index contributed by atoms with van der Waals surface area (Å²) in [7, 11) is 0. The van der Waals surface area contributed by atoms with E-state index in [0.29, 0.717) is 0 Å². The first-order valence-corrected chi connectivity index (χ1v) is 7.45. The maximum atomic E-state index is 11.9. The van der Waals surface area contributed by atoms with Crippen molar-refractivity contribution in [2.24, 2.45) is 0 Å². The molecule has 3 amide bonds. The van der Waals surface area contributed by atoms with Crippen LogP contribution in [0.2, 0.25) is 0 Å². The van der Waals surface area contributed by atoms with E-state index in [-0.39, 0.29) is 13.0 Å².